The van der Waals surface area contributed by atoms with Gasteiger partial charge in [0.2, 0.25) is 0 Å². The standard InChI is InChI=1S/C7H13N2O/c1-7(2,3)6-4-5-9(10)8-6/h4-5H2,1-3H3/q-1. The zero-order valence-corrected chi connectivity index (χ0v) is 6.72. The normalized spacial score (nSPS) is 19.6. The predicted molar refractivity (Wildman–Crippen MR) is 41.6 cm³/mol. The molecule has 58 valence electrons. The van der Waals surface area contributed by atoms with Crippen LogP contribution in [0.4, 0.5) is 0 Å². The van der Waals surface area contributed by atoms with E-state index in [2.05, 4.69) is 25.9 Å². The summed E-state index contributed by atoms with van der Waals surface area (Å²) in [4.78, 5) is 0. The number of rotatable bonds is 0. The molecule has 1 aliphatic heterocycles. The Morgan fingerprint density at radius 1 is 1.50 bits per heavy atom. The van der Waals surface area contributed by atoms with E-state index in [0.29, 0.717) is 6.54 Å². The van der Waals surface area contributed by atoms with Crippen molar-refractivity contribution in [3.8, 4) is 0 Å². The number of hydrazone groups is 1. The van der Waals surface area contributed by atoms with E-state index in [1.807, 2.05) is 0 Å². The third-order valence-electron chi connectivity index (χ3n) is 1.64. The van der Waals surface area contributed by atoms with E-state index in [1.54, 1.807) is 0 Å². The molecule has 0 saturated carbocycles. The second-order valence-corrected chi connectivity index (χ2v) is 3.62. The summed E-state index contributed by atoms with van der Waals surface area (Å²) in [7, 11) is 0. The largest absolute Gasteiger partial charge is 0.742 e. The van der Waals surface area contributed by atoms with Crippen molar-refractivity contribution in [2.24, 2.45) is 10.5 Å². The van der Waals surface area contributed by atoms with E-state index in [4.69, 9.17) is 0 Å². The fourth-order valence-electron chi connectivity index (χ4n) is 0.961. The van der Waals surface area contributed by atoms with Crippen LogP contribution in [-0.2, 0) is 0 Å². The average molecular weight is 141 g/mol. The summed E-state index contributed by atoms with van der Waals surface area (Å²) in [5.41, 5.74) is 1.08. The van der Waals surface area contributed by atoms with E-state index in [1.165, 1.54) is 0 Å². The molecule has 10 heavy (non-hydrogen) atoms. The molecule has 1 heterocycles. The lowest BCUT2D eigenvalue weighted by atomic mass is 9.89. The Balaban J connectivity index is 2.67. The summed E-state index contributed by atoms with van der Waals surface area (Å²) < 4.78 is 0. The number of nitrogens with zero attached hydrogens (tertiary/aromatic N) is 2. The van der Waals surface area contributed by atoms with Gasteiger partial charge in [-0.3, -0.25) is 0 Å². The van der Waals surface area contributed by atoms with E-state index < -0.39 is 0 Å². The van der Waals surface area contributed by atoms with Crippen LogP contribution in [-0.4, -0.2) is 17.4 Å². The zero-order valence-electron chi connectivity index (χ0n) is 6.72. The first-order chi connectivity index (χ1) is 4.50. The van der Waals surface area contributed by atoms with Crippen molar-refractivity contribution >= 4 is 5.71 Å². The molecule has 0 spiro atoms. The number of hydroxylamine groups is 1. The highest BCUT2D eigenvalue weighted by molar-refractivity contribution is 5.90. The van der Waals surface area contributed by atoms with Gasteiger partial charge < -0.3 is 10.4 Å². The minimum absolute atomic E-state index is 0.0686. The van der Waals surface area contributed by atoms with Gasteiger partial charge in [0, 0.05) is 24.1 Å². The highest BCUT2D eigenvalue weighted by Gasteiger charge is 2.21. The van der Waals surface area contributed by atoms with Gasteiger partial charge in [-0.25, -0.2) is 0 Å². The van der Waals surface area contributed by atoms with E-state index in [-0.39, 0.29) is 5.41 Å². The summed E-state index contributed by atoms with van der Waals surface area (Å²) in [6, 6.07) is 0. The molecule has 0 saturated heterocycles. The summed E-state index contributed by atoms with van der Waals surface area (Å²) in [6.45, 7) is 6.76. The first-order valence-electron chi connectivity index (χ1n) is 3.53. The van der Waals surface area contributed by atoms with Crippen LogP contribution in [0.15, 0.2) is 5.10 Å². The maximum Gasteiger partial charge on any atom is 0.0442 e. The average Bonchev–Trinajstić information content (AvgIpc) is 2.11. The Labute approximate surface area is 61.3 Å². The molecule has 0 unspecified atom stereocenters. The molecule has 0 radical (unpaired) electrons. The molecule has 0 aliphatic carbocycles. The topological polar surface area (TPSA) is 38.7 Å². The van der Waals surface area contributed by atoms with Gasteiger partial charge in [0.1, 0.15) is 0 Å². The molecule has 0 atom stereocenters. The lowest BCUT2D eigenvalue weighted by Gasteiger charge is -2.19. The summed E-state index contributed by atoms with van der Waals surface area (Å²) in [5, 5.41) is 15.2. The first kappa shape index (κ1) is 7.54. The van der Waals surface area contributed by atoms with Crippen molar-refractivity contribution in [3.63, 3.8) is 0 Å². The second-order valence-electron chi connectivity index (χ2n) is 3.62. The fraction of sp³-hybridized carbons (Fsp3) is 0.857. The highest BCUT2D eigenvalue weighted by atomic mass is 16.5. The van der Waals surface area contributed by atoms with Crippen molar-refractivity contribution in [1.29, 1.82) is 0 Å². The van der Waals surface area contributed by atoms with Crippen molar-refractivity contribution in [2.75, 3.05) is 6.54 Å². The van der Waals surface area contributed by atoms with Crippen LogP contribution in [0, 0.1) is 10.6 Å². The third kappa shape index (κ3) is 1.48. The molecule has 0 aromatic heterocycles. The predicted octanol–water partition coefficient (Wildman–Crippen LogP) is 1.59. The highest BCUT2D eigenvalue weighted by Crippen LogP contribution is 2.22. The Morgan fingerprint density at radius 3 is 2.30 bits per heavy atom. The van der Waals surface area contributed by atoms with Crippen molar-refractivity contribution in [3.05, 3.63) is 5.21 Å². The van der Waals surface area contributed by atoms with Gasteiger partial charge in [0.15, 0.2) is 0 Å². The lowest BCUT2D eigenvalue weighted by molar-refractivity contribution is 0.442. The van der Waals surface area contributed by atoms with Crippen LogP contribution in [0.5, 0.6) is 0 Å². The van der Waals surface area contributed by atoms with Crippen LogP contribution in [0.25, 0.3) is 0 Å². The Bertz CT molecular complexity index is 157. The summed E-state index contributed by atoms with van der Waals surface area (Å²) >= 11 is 0. The Morgan fingerprint density at radius 2 is 2.10 bits per heavy atom. The number of hydrogen-bond donors (Lipinski definition) is 0. The molecular weight excluding hydrogens is 128 g/mol. The summed E-state index contributed by atoms with van der Waals surface area (Å²) in [6.07, 6.45) is 0.826. The minimum atomic E-state index is 0.0686. The zero-order chi connectivity index (χ0) is 7.78. The Hall–Kier alpha value is -0.570. The molecular formula is C7H13N2O-. The minimum Gasteiger partial charge on any atom is -0.742 e. The van der Waals surface area contributed by atoms with Crippen LogP contribution in [0.2, 0.25) is 0 Å². The molecule has 1 aliphatic rings. The maximum atomic E-state index is 10.6. The molecule has 0 N–H and O–H groups in total. The summed E-state index contributed by atoms with van der Waals surface area (Å²) in [5.74, 6) is 0. The molecule has 1 rings (SSSR count). The molecule has 0 amide bonds. The Kier molecular flexibility index (Phi) is 1.68. The molecule has 0 aromatic rings. The molecule has 0 bridgehead atoms. The van der Waals surface area contributed by atoms with Crippen molar-refractivity contribution < 1.29 is 0 Å². The third-order valence-corrected chi connectivity index (χ3v) is 1.64. The van der Waals surface area contributed by atoms with Gasteiger partial charge >= 0.3 is 0 Å². The van der Waals surface area contributed by atoms with Crippen LogP contribution in [0.1, 0.15) is 27.2 Å². The van der Waals surface area contributed by atoms with Crippen LogP contribution in [0.3, 0.4) is 0 Å². The van der Waals surface area contributed by atoms with Gasteiger partial charge in [0.25, 0.3) is 0 Å². The van der Waals surface area contributed by atoms with Crippen LogP contribution < -0.4 is 0 Å². The van der Waals surface area contributed by atoms with Crippen molar-refractivity contribution in [2.45, 2.75) is 27.2 Å². The van der Waals surface area contributed by atoms with E-state index in [0.717, 1.165) is 17.3 Å². The molecule has 0 fully saturated rings. The van der Waals surface area contributed by atoms with Crippen molar-refractivity contribution in [1.82, 2.24) is 5.17 Å². The van der Waals surface area contributed by atoms with Gasteiger partial charge in [0.05, 0.1) is 0 Å². The quantitative estimate of drug-likeness (QED) is 0.514. The SMILES string of the molecule is CC(C)(C)C1=NN([O-])CC1. The molecule has 3 nitrogen and oxygen atoms in total. The smallest absolute Gasteiger partial charge is 0.0442 e. The lowest BCUT2D eigenvalue weighted by Crippen LogP contribution is -2.17. The molecule has 3 heteroatoms. The fourth-order valence-corrected chi connectivity index (χ4v) is 0.961. The van der Waals surface area contributed by atoms with E-state index in [9.17, 15) is 5.21 Å². The second kappa shape index (κ2) is 2.23. The first-order valence-corrected chi connectivity index (χ1v) is 3.53. The van der Waals surface area contributed by atoms with E-state index >= 15 is 0 Å². The van der Waals surface area contributed by atoms with Gasteiger partial charge in [-0.15, -0.1) is 0 Å². The molecule has 0 aromatic carbocycles. The number of hydrogen-bond acceptors (Lipinski definition) is 3. The van der Waals surface area contributed by atoms with Gasteiger partial charge in [-0.1, -0.05) is 20.8 Å². The monoisotopic (exact) mass is 141 g/mol. The van der Waals surface area contributed by atoms with Crippen LogP contribution >= 0.6 is 0 Å². The van der Waals surface area contributed by atoms with Gasteiger partial charge in [-0.2, -0.15) is 5.10 Å². The maximum absolute atomic E-state index is 10.6. The van der Waals surface area contributed by atoms with Gasteiger partial charge in [-0.05, 0) is 0 Å².